The Morgan fingerprint density at radius 3 is 3.00 bits per heavy atom. The van der Waals surface area contributed by atoms with Gasteiger partial charge in [-0.25, -0.2) is 0 Å². The van der Waals surface area contributed by atoms with Crippen LogP contribution in [-0.2, 0) is 9.53 Å². The summed E-state index contributed by atoms with van der Waals surface area (Å²) in [5.41, 5.74) is 0. The standard InChI is InChI=1S/C6H10O3/c7-3-1-6-5(8)2-4-9-6/h6-7H,1-4H2/t6-/m1/s1. The number of hydrogen-bond acceptors (Lipinski definition) is 3. The van der Waals surface area contributed by atoms with Gasteiger partial charge in [-0.1, -0.05) is 0 Å². The maximum atomic E-state index is 10.7. The van der Waals surface area contributed by atoms with Gasteiger partial charge in [-0.15, -0.1) is 0 Å². The van der Waals surface area contributed by atoms with Gasteiger partial charge in [-0.3, -0.25) is 4.79 Å². The van der Waals surface area contributed by atoms with E-state index in [1.54, 1.807) is 0 Å². The Morgan fingerprint density at radius 2 is 2.56 bits per heavy atom. The summed E-state index contributed by atoms with van der Waals surface area (Å²) in [5.74, 6) is 0.129. The van der Waals surface area contributed by atoms with Crippen LogP contribution in [0.4, 0.5) is 0 Å². The van der Waals surface area contributed by atoms with Crippen LogP contribution in [0.15, 0.2) is 0 Å². The highest BCUT2D eigenvalue weighted by molar-refractivity contribution is 5.84. The molecule has 1 N–H and O–H groups in total. The molecule has 9 heavy (non-hydrogen) atoms. The van der Waals surface area contributed by atoms with Gasteiger partial charge in [0.05, 0.1) is 6.61 Å². The highest BCUT2D eigenvalue weighted by Crippen LogP contribution is 2.10. The molecule has 0 spiro atoms. The van der Waals surface area contributed by atoms with Crippen molar-refractivity contribution in [2.45, 2.75) is 18.9 Å². The second-order valence-corrected chi connectivity index (χ2v) is 2.09. The molecule has 1 rings (SSSR count). The summed E-state index contributed by atoms with van der Waals surface area (Å²) >= 11 is 0. The first-order valence-corrected chi connectivity index (χ1v) is 3.10. The van der Waals surface area contributed by atoms with Crippen LogP contribution in [0.1, 0.15) is 12.8 Å². The van der Waals surface area contributed by atoms with Crippen LogP contribution < -0.4 is 0 Å². The Labute approximate surface area is 53.6 Å². The van der Waals surface area contributed by atoms with Crippen molar-refractivity contribution in [3.05, 3.63) is 0 Å². The predicted octanol–water partition coefficient (Wildman–Crippen LogP) is -0.273. The maximum Gasteiger partial charge on any atom is 0.163 e. The minimum absolute atomic E-state index is 0.0381. The molecule has 1 aliphatic heterocycles. The lowest BCUT2D eigenvalue weighted by Gasteiger charge is -2.02. The average Bonchev–Trinajstić information content (AvgIpc) is 2.18. The van der Waals surface area contributed by atoms with Crippen molar-refractivity contribution in [2.75, 3.05) is 13.2 Å². The van der Waals surface area contributed by atoms with E-state index >= 15 is 0 Å². The summed E-state index contributed by atoms with van der Waals surface area (Å²) in [4.78, 5) is 10.7. The van der Waals surface area contributed by atoms with E-state index in [9.17, 15) is 4.79 Å². The molecule has 0 aromatic carbocycles. The molecule has 0 aromatic rings. The Hall–Kier alpha value is -0.410. The van der Waals surface area contributed by atoms with Crippen molar-refractivity contribution in [2.24, 2.45) is 0 Å². The molecule has 3 heteroatoms. The minimum Gasteiger partial charge on any atom is -0.396 e. The van der Waals surface area contributed by atoms with Crippen molar-refractivity contribution >= 4 is 5.78 Å². The summed E-state index contributed by atoms with van der Waals surface area (Å²) in [6.45, 7) is 0.569. The number of aliphatic hydroxyl groups is 1. The first-order chi connectivity index (χ1) is 4.34. The SMILES string of the molecule is O=C1CCO[C@@H]1CCO. The zero-order valence-corrected chi connectivity index (χ0v) is 5.17. The van der Waals surface area contributed by atoms with E-state index in [0.717, 1.165) is 0 Å². The van der Waals surface area contributed by atoms with Crippen LogP contribution in [0, 0.1) is 0 Å². The zero-order chi connectivity index (χ0) is 6.69. The second-order valence-electron chi connectivity index (χ2n) is 2.09. The van der Waals surface area contributed by atoms with Gasteiger partial charge >= 0.3 is 0 Å². The summed E-state index contributed by atoms with van der Waals surface area (Å²) in [6, 6.07) is 0. The van der Waals surface area contributed by atoms with Crippen LogP contribution in [0.5, 0.6) is 0 Å². The number of hydrogen-bond donors (Lipinski definition) is 1. The van der Waals surface area contributed by atoms with Gasteiger partial charge in [-0.2, -0.15) is 0 Å². The molecule has 1 saturated heterocycles. The van der Waals surface area contributed by atoms with E-state index in [-0.39, 0.29) is 18.5 Å². The predicted molar refractivity (Wildman–Crippen MR) is 31.1 cm³/mol. The fraction of sp³-hybridized carbons (Fsp3) is 0.833. The number of ether oxygens (including phenoxy) is 1. The van der Waals surface area contributed by atoms with Crippen LogP contribution in [0.3, 0.4) is 0 Å². The molecule has 1 aliphatic rings. The first kappa shape index (κ1) is 6.71. The van der Waals surface area contributed by atoms with Crippen LogP contribution in [0.2, 0.25) is 0 Å². The second kappa shape index (κ2) is 2.94. The number of ketones is 1. The van der Waals surface area contributed by atoms with Gasteiger partial charge < -0.3 is 9.84 Å². The molecule has 0 amide bonds. The Balaban J connectivity index is 2.31. The van der Waals surface area contributed by atoms with E-state index in [2.05, 4.69) is 0 Å². The Kier molecular flexibility index (Phi) is 2.19. The number of Topliss-reactive ketones (excluding diaryl/α,β-unsaturated/α-hetero) is 1. The van der Waals surface area contributed by atoms with Gasteiger partial charge in [0.15, 0.2) is 5.78 Å². The molecule has 0 unspecified atom stereocenters. The van der Waals surface area contributed by atoms with E-state index in [1.165, 1.54) is 0 Å². The number of carbonyl (C=O) groups is 1. The monoisotopic (exact) mass is 130 g/mol. The fourth-order valence-electron chi connectivity index (χ4n) is 0.917. The lowest BCUT2D eigenvalue weighted by atomic mass is 10.2. The number of carbonyl (C=O) groups excluding carboxylic acids is 1. The van der Waals surface area contributed by atoms with Gasteiger partial charge in [0.1, 0.15) is 6.10 Å². The molecular formula is C6H10O3. The normalized spacial score (nSPS) is 27.2. The van der Waals surface area contributed by atoms with Crippen molar-refractivity contribution in [1.82, 2.24) is 0 Å². The number of rotatable bonds is 2. The molecule has 0 radical (unpaired) electrons. The van der Waals surface area contributed by atoms with E-state index in [0.29, 0.717) is 19.4 Å². The van der Waals surface area contributed by atoms with E-state index in [1.807, 2.05) is 0 Å². The van der Waals surface area contributed by atoms with Crippen molar-refractivity contribution in [3.8, 4) is 0 Å². The first-order valence-electron chi connectivity index (χ1n) is 3.10. The van der Waals surface area contributed by atoms with Crippen molar-refractivity contribution < 1.29 is 14.6 Å². The molecule has 52 valence electrons. The smallest absolute Gasteiger partial charge is 0.163 e. The molecular weight excluding hydrogens is 120 g/mol. The Bertz CT molecular complexity index is 111. The minimum atomic E-state index is -0.310. The lowest BCUT2D eigenvalue weighted by molar-refractivity contribution is -0.122. The van der Waals surface area contributed by atoms with Crippen LogP contribution >= 0.6 is 0 Å². The lowest BCUT2D eigenvalue weighted by Crippen LogP contribution is -2.16. The quantitative estimate of drug-likeness (QED) is 0.559. The van der Waals surface area contributed by atoms with Crippen LogP contribution in [-0.4, -0.2) is 30.2 Å². The third-order valence-electron chi connectivity index (χ3n) is 1.42. The zero-order valence-electron chi connectivity index (χ0n) is 5.17. The average molecular weight is 130 g/mol. The van der Waals surface area contributed by atoms with Crippen molar-refractivity contribution in [3.63, 3.8) is 0 Å². The van der Waals surface area contributed by atoms with E-state index < -0.39 is 0 Å². The molecule has 0 bridgehead atoms. The summed E-state index contributed by atoms with van der Waals surface area (Å²) in [5, 5.41) is 8.41. The van der Waals surface area contributed by atoms with Gasteiger partial charge in [-0.05, 0) is 0 Å². The van der Waals surface area contributed by atoms with Gasteiger partial charge in [0.2, 0.25) is 0 Å². The molecule has 1 fully saturated rings. The van der Waals surface area contributed by atoms with Gasteiger partial charge in [0.25, 0.3) is 0 Å². The Morgan fingerprint density at radius 1 is 1.78 bits per heavy atom. The third kappa shape index (κ3) is 1.50. The fourth-order valence-corrected chi connectivity index (χ4v) is 0.917. The molecule has 0 aliphatic carbocycles. The molecule has 1 atom stereocenters. The van der Waals surface area contributed by atoms with Crippen LogP contribution in [0.25, 0.3) is 0 Å². The summed E-state index contributed by atoms with van der Waals surface area (Å²) in [6.07, 6.45) is 0.666. The van der Waals surface area contributed by atoms with Crippen molar-refractivity contribution in [1.29, 1.82) is 0 Å². The highest BCUT2D eigenvalue weighted by atomic mass is 16.5. The number of aliphatic hydroxyl groups excluding tert-OH is 1. The van der Waals surface area contributed by atoms with Gasteiger partial charge in [0, 0.05) is 19.4 Å². The molecule has 3 nitrogen and oxygen atoms in total. The molecule has 1 heterocycles. The highest BCUT2D eigenvalue weighted by Gasteiger charge is 2.23. The molecule has 0 saturated carbocycles. The largest absolute Gasteiger partial charge is 0.396 e. The third-order valence-corrected chi connectivity index (χ3v) is 1.42. The molecule has 0 aromatic heterocycles. The topological polar surface area (TPSA) is 46.5 Å². The summed E-state index contributed by atoms with van der Waals surface area (Å²) < 4.78 is 5.00. The maximum absolute atomic E-state index is 10.7. The van der Waals surface area contributed by atoms with E-state index in [4.69, 9.17) is 9.84 Å². The summed E-state index contributed by atoms with van der Waals surface area (Å²) in [7, 11) is 0.